The number of halogens is 3. The van der Waals surface area contributed by atoms with Crippen LogP contribution in [0.15, 0.2) is 24.3 Å². The van der Waals surface area contributed by atoms with Crippen molar-refractivity contribution in [2.75, 3.05) is 6.54 Å². The van der Waals surface area contributed by atoms with Crippen LogP contribution in [0.25, 0.3) is 0 Å². The molecule has 0 saturated carbocycles. The van der Waals surface area contributed by atoms with Crippen LogP contribution >= 0.6 is 0 Å². The smallest absolute Gasteiger partial charge is 0.480 e. The van der Waals surface area contributed by atoms with Gasteiger partial charge in [-0.05, 0) is 38.1 Å². The van der Waals surface area contributed by atoms with Crippen LogP contribution in [0.4, 0.5) is 13.2 Å². The Balaban J connectivity index is 2.89. The summed E-state index contributed by atoms with van der Waals surface area (Å²) in [6, 6.07) is 3.95. The monoisotopic (exact) mass is 305 g/mol. The van der Waals surface area contributed by atoms with Gasteiger partial charge in [-0.3, -0.25) is 9.59 Å². The van der Waals surface area contributed by atoms with Gasteiger partial charge in [-0.25, -0.2) is 0 Å². The maximum absolute atomic E-state index is 12.1. The number of nitrogens with zero attached hydrogens (tertiary/aromatic N) is 1. The lowest BCUT2D eigenvalue weighted by atomic mass is 10.1. The molecule has 1 aromatic rings. The predicted octanol–water partition coefficient (Wildman–Crippen LogP) is 2.52. The van der Waals surface area contributed by atoms with E-state index in [1.807, 2.05) is 0 Å². The van der Waals surface area contributed by atoms with Crippen LogP contribution in [-0.2, 0) is 4.79 Å². The maximum Gasteiger partial charge on any atom is 0.573 e. The van der Waals surface area contributed by atoms with E-state index in [9.17, 15) is 22.8 Å². The maximum atomic E-state index is 12.1. The van der Waals surface area contributed by atoms with E-state index in [1.54, 1.807) is 13.8 Å². The summed E-state index contributed by atoms with van der Waals surface area (Å²) >= 11 is 0. The highest BCUT2D eigenvalue weighted by atomic mass is 19.4. The second-order valence-corrected chi connectivity index (χ2v) is 4.49. The fraction of sp³-hybridized carbons (Fsp3) is 0.385. The molecule has 1 rings (SSSR count). The summed E-state index contributed by atoms with van der Waals surface area (Å²) in [5.41, 5.74) is 0.0828. The number of carbonyl (C=O) groups is 2. The third kappa shape index (κ3) is 5.33. The van der Waals surface area contributed by atoms with Crippen molar-refractivity contribution in [1.29, 1.82) is 0 Å². The first-order valence-electron chi connectivity index (χ1n) is 5.98. The SMILES string of the molecule is CC(C)N(CC(=O)O)C(=O)c1ccc(OC(F)(F)F)cc1. The summed E-state index contributed by atoms with van der Waals surface area (Å²) in [7, 11) is 0. The van der Waals surface area contributed by atoms with E-state index in [-0.39, 0.29) is 11.6 Å². The molecule has 0 aliphatic carbocycles. The van der Waals surface area contributed by atoms with Gasteiger partial charge in [0.15, 0.2) is 0 Å². The van der Waals surface area contributed by atoms with Crippen molar-refractivity contribution >= 4 is 11.9 Å². The van der Waals surface area contributed by atoms with E-state index in [4.69, 9.17) is 5.11 Å². The lowest BCUT2D eigenvalue weighted by Crippen LogP contribution is -2.40. The summed E-state index contributed by atoms with van der Waals surface area (Å²) in [4.78, 5) is 23.9. The Labute approximate surface area is 118 Å². The molecule has 1 aromatic carbocycles. The highest BCUT2D eigenvalue weighted by Gasteiger charge is 2.31. The van der Waals surface area contributed by atoms with Crippen molar-refractivity contribution < 1.29 is 32.6 Å². The molecule has 21 heavy (non-hydrogen) atoms. The van der Waals surface area contributed by atoms with Crippen LogP contribution < -0.4 is 4.74 Å². The van der Waals surface area contributed by atoms with Crippen molar-refractivity contribution in [3.05, 3.63) is 29.8 Å². The molecule has 8 heteroatoms. The normalized spacial score (nSPS) is 11.3. The third-order valence-electron chi connectivity index (χ3n) is 2.52. The second kappa shape index (κ2) is 6.47. The zero-order valence-electron chi connectivity index (χ0n) is 11.3. The molecule has 1 amide bonds. The first-order chi connectivity index (χ1) is 9.60. The summed E-state index contributed by atoms with van der Waals surface area (Å²) in [5, 5.41) is 8.76. The Hall–Kier alpha value is -2.25. The largest absolute Gasteiger partial charge is 0.573 e. The number of rotatable bonds is 5. The van der Waals surface area contributed by atoms with Crippen LogP contribution in [0.1, 0.15) is 24.2 Å². The first kappa shape index (κ1) is 16.8. The van der Waals surface area contributed by atoms with Crippen LogP contribution in [0.3, 0.4) is 0 Å². The van der Waals surface area contributed by atoms with Gasteiger partial charge in [0.25, 0.3) is 5.91 Å². The van der Waals surface area contributed by atoms with E-state index >= 15 is 0 Å². The molecule has 0 aliphatic heterocycles. The Kier molecular flexibility index (Phi) is 5.17. The van der Waals surface area contributed by atoms with Gasteiger partial charge >= 0.3 is 12.3 Å². The molecule has 0 spiro atoms. The van der Waals surface area contributed by atoms with Crippen LogP contribution in [0, 0.1) is 0 Å². The number of hydrogen-bond donors (Lipinski definition) is 1. The molecule has 0 radical (unpaired) electrons. The average molecular weight is 305 g/mol. The fourth-order valence-electron chi connectivity index (χ4n) is 1.60. The van der Waals surface area contributed by atoms with Gasteiger partial charge in [0, 0.05) is 11.6 Å². The van der Waals surface area contributed by atoms with E-state index in [0.717, 1.165) is 29.2 Å². The number of alkyl halides is 3. The molecule has 0 bridgehead atoms. The average Bonchev–Trinajstić information content (AvgIpc) is 2.33. The number of carboxylic acid groups (broad SMARTS) is 1. The minimum atomic E-state index is -4.81. The third-order valence-corrected chi connectivity index (χ3v) is 2.52. The van der Waals surface area contributed by atoms with E-state index < -0.39 is 30.5 Å². The highest BCUT2D eigenvalue weighted by Crippen LogP contribution is 2.23. The van der Waals surface area contributed by atoms with Crippen molar-refractivity contribution in [3.63, 3.8) is 0 Å². The van der Waals surface area contributed by atoms with Crippen LogP contribution in [-0.4, -0.2) is 40.8 Å². The molecule has 0 fully saturated rings. The highest BCUT2D eigenvalue weighted by molar-refractivity contribution is 5.96. The van der Waals surface area contributed by atoms with Gasteiger partial charge in [-0.15, -0.1) is 13.2 Å². The Bertz CT molecular complexity index is 511. The molecule has 1 N–H and O–H groups in total. The van der Waals surface area contributed by atoms with E-state index in [0.29, 0.717) is 0 Å². The number of carbonyl (C=O) groups excluding carboxylic acids is 1. The standard InChI is InChI=1S/C13H14F3NO4/c1-8(2)17(7-11(18)19)12(20)9-3-5-10(6-4-9)21-13(14,15)16/h3-6,8H,7H2,1-2H3,(H,18,19). The Morgan fingerprint density at radius 3 is 2.14 bits per heavy atom. The Morgan fingerprint density at radius 2 is 1.76 bits per heavy atom. The molecule has 116 valence electrons. The van der Waals surface area contributed by atoms with Gasteiger partial charge in [-0.1, -0.05) is 0 Å². The first-order valence-corrected chi connectivity index (χ1v) is 5.98. The predicted molar refractivity (Wildman–Crippen MR) is 66.9 cm³/mol. The quantitative estimate of drug-likeness (QED) is 0.907. The topological polar surface area (TPSA) is 66.8 Å². The molecule has 0 aliphatic rings. The van der Waals surface area contributed by atoms with Crippen LogP contribution in [0.2, 0.25) is 0 Å². The number of amides is 1. The Morgan fingerprint density at radius 1 is 1.24 bits per heavy atom. The van der Waals surface area contributed by atoms with Crippen molar-refractivity contribution in [3.8, 4) is 5.75 Å². The van der Waals surface area contributed by atoms with E-state index in [1.165, 1.54) is 0 Å². The number of hydrogen-bond acceptors (Lipinski definition) is 3. The fourth-order valence-corrected chi connectivity index (χ4v) is 1.60. The molecule has 0 heterocycles. The number of aliphatic carboxylic acids is 1. The molecule has 5 nitrogen and oxygen atoms in total. The minimum Gasteiger partial charge on any atom is -0.480 e. The van der Waals surface area contributed by atoms with Crippen molar-refractivity contribution in [2.45, 2.75) is 26.3 Å². The second-order valence-electron chi connectivity index (χ2n) is 4.49. The molecule has 0 saturated heterocycles. The summed E-state index contributed by atoms with van der Waals surface area (Å²) < 4.78 is 39.7. The van der Waals surface area contributed by atoms with Gasteiger partial charge in [0.05, 0.1) is 0 Å². The number of benzene rings is 1. The van der Waals surface area contributed by atoms with Crippen LogP contribution in [0.5, 0.6) is 5.75 Å². The van der Waals surface area contributed by atoms with Gasteiger partial charge < -0.3 is 14.7 Å². The molecule has 0 aromatic heterocycles. The zero-order valence-corrected chi connectivity index (χ0v) is 11.3. The number of ether oxygens (including phenoxy) is 1. The van der Waals surface area contributed by atoms with Gasteiger partial charge in [0.1, 0.15) is 12.3 Å². The molecular formula is C13H14F3NO4. The van der Waals surface area contributed by atoms with Gasteiger partial charge in [0.2, 0.25) is 0 Å². The molecular weight excluding hydrogens is 291 g/mol. The lowest BCUT2D eigenvalue weighted by molar-refractivity contribution is -0.274. The lowest BCUT2D eigenvalue weighted by Gasteiger charge is -2.25. The summed E-state index contributed by atoms with van der Waals surface area (Å²) in [6.07, 6.45) is -4.81. The minimum absolute atomic E-state index is 0.0828. The number of carboxylic acids is 1. The summed E-state index contributed by atoms with van der Waals surface area (Å²) in [5.74, 6) is -2.20. The van der Waals surface area contributed by atoms with E-state index in [2.05, 4.69) is 4.74 Å². The van der Waals surface area contributed by atoms with Gasteiger partial charge in [-0.2, -0.15) is 0 Å². The summed E-state index contributed by atoms with van der Waals surface area (Å²) in [6.45, 7) is 2.79. The zero-order chi connectivity index (χ0) is 16.2. The molecule has 0 unspecified atom stereocenters. The van der Waals surface area contributed by atoms with Crippen molar-refractivity contribution in [2.24, 2.45) is 0 Å². The van der Waals surface area contributed by atoms with Crippen molar-refractivity contribution in [1.82, 2.24) is 4.90 Å². The molecule has 0 atom stereocenters.